The van der Waals surface area contributed by atoms with Crippen LogP contribution < -0.4 is 5.32 Å². The molecule has 0 aromatic heterocycles. The molecule has 1 aliphatic carbocycles. The summed E-state index contributed by atoms with van der Waals surface area (Å²) in [6.07, 6.45) is -3.14. The summed E-state index contributed by atoms with van der Waals surface area (Å²) in [5.74, 6) is -1.74. The van der Waals surface area contributed by atoms with Crippen LogP contribution >= 0.6 is 0 Å². The first kappa shape index (κ1) is 15.3. The Bertz CT molecular complexity index is 548. The zero-order valence-electron chi connectivity index (χ0n) is 11.0. The summed E-state index contributed by atoms with van der Waals surface area (Å²) in [5, 5.41) is 11.6. The summed E-state index contributed by atoms with van der Waals surface area (Å²) in [4.78, 5) is 23.0. The maximum atomic E-state index is 12.4. The van der Waals surface area contributed by atoms with E-state index in [2.05, 4.69) is 5.32 Å². The lowest BCUT2D eigenvalue weighted by Crippen LogP contribution is -2.50. The summed E-state index contributed by atoms with van der Waals surface area (Å²) in [6.45, 7) is 0.00595. The number of carboxylic acids is 1. The Hall–Kier alpha value is -2.05. The van der Waals surface area contributed by atoms with Gasteiger partial charge in [0.2, 0.25) is 5.91 Å². The number of hydrogen-bond acceptors (Lipinski definition) is 2. The van der Waals surface area contributed by atoms with E-state index in [1.165, 1.54) is 12.1 Å². The third-order valence-electron chi connectivity index (χ3n) is 3.79. The predicted octanol–water partition coefficient (Wildman–Crippen LogP) is 2.58. The molecule has 2 N–H and O–H groups in total. The number of aliphatic carboxylic acids is 1. The number of carbonyl (C=O) groups is 2. The lowest BCUT2D eigenvalue weighted by atomic mass is 9.68. The molecule has 1 fully saturated rings. The SMILES string of the molecule is O=C(O)C1(C(=O)NCc2ccc(C(F)(F)F)cc2)CCC1. The maximum Gasteiger partial charge on any atom is 0.416 e. The van der Waals surface area contributed by atoms with E-state index in [-0.39, 0.29) is 6.54 Å². The molecule has 7 heteroatoms. The molecule has 1 amide bonds. The molecule has 0 radical (unpaired) electrons. The van der Waals surface area contributed by atoms with E-state index in [4.69, 9.17) is 5.11 Å². The van der Waals surface area contributed by atoms with Gasteiger partial charge < -0.3 is 10.4 Å². The highest BCUT2D eigenvalue weighted by Gasteiger charge is 2.51. The normalized spacial score (nSPS) is 16.9. The van der Waals surface area contributed by atoms with Gasteiger partial charge >= 0.3 is 12.1 Å². The fraction of sp³-hybridized carbons (Fsp3) is 0.429. The van der Waals surface area contributed by atoms with Crippen molar-refractivity contribution in [3.63, 3.8) is 0 Å². The molecule has 4 nitrogen and oxygen atoms in total. The molecule has 1 saturated carbocycles. The van der Waals surface area contributed by atoms with Gasteiger partial charge in [0, 0.05) is 6.54 Å². The van der Waals surface area contributed by atoms with Crippen molar-refractivity contribution in [1.29, 1.82) is 0 Å². The average Bonchev–Trinajstić information content (AvgIpc) is 2.34. The van der Waals surface area contributed by atoms with E-state index in [1.54, 1.807) is 0 Å². The molecule has 1 aliphatic rings. The van der Waals surface area contributed by atoms with Gasteiger partial charge in [-0.05, 0) is 30.5 Å². The van der Waals surface area contributed by atoms with Crippen molar-refractivity contribution in [2.75, 3.05) is 0 Å². The molecule has 1 aromatic rings. The van der Waals surface area contributed by atoms with Crippen LogP contribution in [0, 0.1) is 5.41 Å². The summed E-state index contributed by atoms with van der Waals surface area (Å²) in [5.41, 5.74) is -1.65. The van der Waals surface area contributed by atoms with Gasteiger partial charge in [-0.25, -0.2) is 0 Å². The van der Waals surface area contributed by atoms with Crippen LogP contribution in [0.15, 0.2) is 24.3 Å². The second kappa shape index (κ2) is 5.38. The third-order valence-corrected chi connectivity index (χ3v) is 3.79. The molecule has 1 aromatic carbocycles. The number of benzene rings is 1. The molecule has 0 spiro atoms. The number of carbonyl (C=O) groups excluding carboxylic acids is 1. The first-order valence-electron chi connectivity index (χ1n) is 6.43. The van der Waals surface area contributed by atoms with Gasteiger partial charge in [-0.3, -0.25) is 9.59 Å². The van der Waals surface area contributed by atoms with Crippen LogP contribution in [-0.4, -0.2) is 17.0 Å². The van der Waals surface area contributed by atoms with E-state index in [0.717, 1.165) is 12.1 Å². The first-order valence-corrected chi connectivity index (χ1v) is 6.43. The number of amides is 1. The van der Waals surface area contributed by atoms with Gasteiger partial charge in [0.1, 0.15) is 5.41 Å². The second-order valence-corrected chi connectivity index (χ2v) is 5.12. The van der Waals surface area contributed by atoms with E-state index in [9.17, 15) is 22.8 Å². The summed E-state index contributed by atoms with van der Waals surface area (Å²) in [6, 6.07) is 4.38. The minimum absolute atomic E-state index is 0.00595. The molecule has 0 atom stereocenters. The van der Waals surface area contributed by atoms with E-state index >= 15 is 0 Å². The molecule has 0 saturated heterocycles. The molecular formula is C14H14F3NO3. The number of rotatable bonds is 4. The van der Waals surface area contributed by atoms with E-state index in [0.29, 0.717) is 24.8 Å². The Morgan fingerprint density at radius 1 is 1.19 bits per heavy atom. The number of nitrogens with one attached hydrogen (secondary N) is 1. The summed E-state index contributed by atoms with van der Waals surface area (Å²) in [7, 11) is 0. The quantitative estimate of drug-likeness (QED) is 0.840. The van der Waals surface area contributed by atoms with Crippen molar-refractivity contribution >= 4 is 11.9 Å². The zero-order chi connectivity index (χ0) is 15.7. The van der Waals surface area contributed by atoms with E-state index < -0.39 is 29.0 Å². The highest BCUT2D eigenvalue weighted by molar-refractivity contribution is 6.02. The Balaban J connectivity index is 1.97. The Kier molecular flexibility index (Phi) is 3.93. The fourth-order valence-electron chi connectivity index (χ4n) is 2.23. The van der Waals surface area contributed by atoms with Crippen LogP contribution in [0.5, 0.6) is 0 Å². The monoisotopic (exact) mass is 301 g/mol. The molecule has 0 unspecified atom stereocenters. The highest BCUT2D eigenvalue weighted by atomic mass is 19.4. The van der Waals surface area contributed by atoms with Crippen LogP contribution in [-0.2, 0) is 22.3 Å². The Morgan fingerprint density at radius 3 is 2.14 bits per heavy atom. The van der Waals surface area contributed by atoms with Crippen molar-refractivity contribution in [1.82, 2.24) is 5.32 Å². The van der Waals surface area contributed by atoms with Gasteiger partial charge in [-0.15, -0.1) is 0 Å². The number of halogens is 3. The van der Waals surface area contributed by atoms with Crippen molar-refractivity contribution in [3.05, 3.63) is 35.4 Å². The average molecular weight is 301 g/mol. The van der Waals surface area contributed by atoms with Crippen molar-refractivity contribution in [2.24, 2.45) is 5.41 Å². The number of alkyl halides is 3. The van der Waals surface area contributed by atoms with Crippen LogP contribution in [0.1, 0.15) is 30.4 Å². The molecular weight excluding hydrogens is 287 g/mol. The van der Waals surface area contributed by atoms with Gasteiger partial charge in [0.15, 0.2) is 0 Å². The lowest BCUT2D eigenvalue weighted by Gasteiger charge is -2.35. The molecule has 114 valence electrons. The van der Waals surface area contributed by atoms with Crippen LogP contribution in [0.25, 0.3) is 0 Å². The zero-order valence-corrected chi connectivity index (χ0v) is 11.0. The first-order chi connectivity index (χ1) is 9.75. The summed E-state index contributed by atoms with van der Waals surface area (Å²) < 4.78 is 37.2. The van der Waals surface area contributed by atoms with Crippen LogP contribution in [0.2, 0.25) is 0 Å². The number of carboxylic acid groups (broad SMARTS) is 1. The standard InChI is InChI=1S/C14H14F3NO3/c15-14(16,17)10-4-2-9(3-5-10)8-18-11(19)13(12(20)21)6-1-7-13/h2-5H,1,6-8H2,(H,18,19)(H,20,21). The topological polar surface area (TPSA) is 66.4 Å². The minimum atomic E-state index is -4.40. The second-order valence-electron chi connectivity index (χ2n) is 5.12. The lowest BCUT2D eigenvalue weighted by molar-refractivity contribution is -0.162. The van der Waals surface area contributed by atoms with Gasteiger partial charge in [0.25, 0.3) is 0 Å². The van der Waals surface area contributed by atoms with Crippen molar-refractivity contribution in [2.45, 2.75) is 32.0 Å². The van der Waals surface area contributed by atoms with E-state index in [1.807, 2.05) is 0 Å². The van der Waals surface area contributed by atoms with Crippen molar-refractivity contribution < 1.29 is 27.9 Å². The Labute approximate surface area is 119 Å². The highest BCUT2D eigenvalue weighted by Crippen LogP contribution is 2.41. The fourth-order valence-corrected chi connectivity index (χ4v) is 2.23. The van der Waals surface area contributed by atoms with Crippen LogP contribution in [0.3, 0.4) is 0 Å². The van der Waals surface area contributed by atoms with Gasteiger partial charge in [-0.2, -0.15) is 13.2 Å². The third kappa shape index (κ3) is 3.01. The van der Waals surface area contributed by atoms with Crippen molar-refractivity contribution in [3.8, 4) is 0 Å². The van der Waals surface area contributed by atoms with Gasteiger partial charge in [-0.1, -0.05) is 18.6 Å². The molecule has 0 bridgehead atoms. The largest absolute Gasteiger partial charge is 0.480 e. The Morgan fingerprint density at radius 2 is 1.76 bits per heavy atom. The van der Waals surface area contributed by atoms with Gasteiger partial charge in [0.05, 0.1) is 5.56 Å². The maximum absolute atomic E-state index is 12.4. The molecule has 0 aliphatic heterocycles. The molecule has 21 heavy (non-hydrogen) atoms. The minimum Gasteiger partial charge on any atom is -0.480 e. The summed E-state index contributed by atoms with van der Waals surface area (Å²) >= 11 is 0. The number of hydrogen-bond donors (Lipinski definition) is 2. The molecule has 0 heterocycles. The van der Waals surface area contributed by atoms with Crippen LogP contribution in [0.4, 0.5) is 13.2 Å². The smallest absolute Gasteiger partial charge is 0.416 e. The molecule has 2 rings (SSSR count). The predicted molar refractivity (Wildman–Crippen MR) is 67.2 cm³/mol.